The first-order valence-corrected chi connectivity index (χ1v) is 9.02. The zero-order valence-corrected chi connectivity index (χ0v) is 14.9. The lowest BCUT2D eigenvalue weighted by Crippen LogP contribution is -2.27. The summed E-state index contributed by atoms with van der Waals surface area (Å²) in [5, 5.41) is 4.55. The van der Waals surface area contributed by atoms with E-state index in [0.29, 0.717) is 26.5 Å². The molecular formula is C17H14Cl2N2O2S. The van der Waals surface area contributed by atoms with Crippen molar-refractivity contribution in [2.45, 2.75) is 6.61 Å². The highest BCUT2D eigenvalue weighted by molar-refractivity contribution is 8.14. The molecule has 0 saturated heterocycles. The molecule has 2 aromatic rings. The Morgan fingerprint density at radius 2 is 2.08 bits per heavy atom. The molecular weight excluding hydrogens is 367 g/mol. The molecule has 0 radical (unpaired) electrons. The highest BCUT2D eigenvalue weighted by Crippen LogP contribution is 2.24. The average molecular weight is 381 g/mol. The van der Waals surface area contributed by atoms with Gasteiger partial charge in [-0.15, -0.1) is 0 Å². The fourth-order valence-electron chi connectivity index (χ4n) is 2.15. The average Bonchev–Trinajstić information content (AvgIpc) is 3.07. The van der Waals surface area contributed by atoms with Crippen LogP contribution in [0.5, 0.6) is 5.75 Å². The van der Waals surface area contributed by atoms with Crippen LogP contribution in [0.25, 0.3) is 0 Å². The van der Waals surface area contributed by atoms with Crippen LogP contribution < -0.4 is 10.1 Å². The van der Waals surface area contributed by atoms with Crippen molar-refractivity contribution in [3.05, 3.63) is 63.6 Å². The van der Waals surface area contributed by atoms with Gasteiger partial charge in [-0.1, -0.05) is 53.2 Å². The van der Waals surface area contributed by atoms with Crippen molar-refractivity contribution in [2.24, 2.45) is 4.99 Å². The molecule has 0 spiro atoms. The molecule has 1 aliphatic heterocycles. The van der Waals surface area contributed by atoms with E-state index in [1.807, 2.05) is 6.07 Å². The molecule has 1 heterocycles. The van der Waals surface area contributed by atoms with Gasteiger partial charge in [-0.2, -0.15) is 0 Å². The van der Waals surface area contributed by atoms with Gasteiger partial charge in [0.05, 0.1) is 12.1 Å². The second-order valence-electron chi connectivity index (χ2n) is 5.01. The summed E-state index contributed by atoms with van der Waals surface area (Å²) in [6.07, 6.45) is 0. The highest BCUT2D eigenvalue weighted by atomic mass is 35.5. The summed E-state index contributed by atoms with van der Waals surface area (Å²) in [5.41, 5.74) is 1.25. The molecule has 0 aliphatic carbocycles. The van der Waals surface area contributed by atoms with E-state index < -0.39 is 0 Å². The molecule has 4 nitrogen and oxygen atoms in total. The van der Waals surface area contributed by atoms with Gasteiger partial charge in [0, 0.05) is 21.4 Å². The molecule has 1 N–H and O–H groups in total. The zero-order valence-electron chi connectivity index (χ0n) is 12.6. The van der Waals surface area contributed by atoms with Gasteiger partial charge >= 0.3 is 0 Å². The van der Waals surface area contributed by atoms with Gasteiger partial charge in [0.1, 0.15) is 12.4 Å². The molecule has 0 fully saturated rings. The number of carbonyl (C=O) groups excluding carboxylic acids is 1. The number of carbonyl (C=O) groups is 1. The number of para-hydroxylation sites is 1. The molecule has 1 aliphatic rings. The molecule has 3 rings (SSSR count). The van der Waals surface area contributed by atoms with Crippen LogP contribution in [0.1, 0.15) is 15.9 Å². The van der Waals surface area contributed by atoms with Crippen molar-refractivity contribution in [2.75, 3.05) is 12.3 Å². The topological polar surface area (TPSA) is 50.7 Å². The number of nitrogens with one attached hydrogen (secondary N) is 1. The Labute approximate surface area is 154 Å². The Hall–Kier alpha value is -1.69. The maximum atomic E-state index is 12.4. The Morgan fingerprint density at radius 1 is 1.25 bits per heavy atom. The van der Waals surface area contributed by atoms with Crippen LogP contribution in [-0.2, 0) is 6.61 Å². The minimum Gasteiger partial charge on any atom is -0.488 e. The predicted molar refractivity (Wildman–Crippen MR) is 99.5 cm³/mol. The number of thioether (sulfide) groups is 1. The van der Waals surface area contributed by atoms with E-state index in [4.69, 9.17) is 27.9 Å². The van der Waals surface area contributed by atoms with E-state index in [1.165, 1.54) is 11.8 Å². The van der Waals surface area contributed by atoms with Crippen molar-refractivity contribution in [1.82, 2.24) is 5.32 Å². The van der Waals surface area contributed by atoms with Crippen molar-refractivity contribution >= 4 is 46.0 Å². The normalized spacial score (nSPS) is 13.5. The third kappa shape index (κ3) is 4.23. The van der Waals surface area contributed by atoms with Crippen LogP contribution in [0.3, 0.4) is 0 Å². The van der Waals surface area contributed by atoms with Gasteiger partial charge in [0.15, 0.2) is 5.17 Å². The molecule has 7 heteroatoms. The zero-order chi connectivity index (χ0) is 16.9. The third-order valence-corrected chi connectivity index (χ3v) is 4.81. The van der Waals surface area contributed by atoms with Gasteiger partial charge in [0.2, 0.25) is 0 Å². The number of hydrogen-bond acceptors (Lipinski definition) is 4. The van der Waals surface area contributed by atoms with E-state index in [9.17, 15) is 4.79 Å². The predicted octanol–water partition coefficient (Wildman–Crippen LogP) is 4.41. The molecule has 0 unspecified atom stereocenters. The third-order valence-electron chi connectivity index (χ3n) is 3.34. The quantitative estimate of drug-likeness (QED) is 0.854. The first-order valence-electron chi connectivity index (χ1n) is 7.28. The maximum absolute atomic E-state index is 12.4. The summed E-state index contributed by atoms with van der Waals surface area (Å²) in [6.45, 7) is 0.976. The lowest BCUT2D eigenvalue weighted by Gasteiger charge is -2.12. The number of halogens is 2. The number of aliphatic imine (C=N–C) groups is 1. The van der Waals surface area contributed by atoms with E-state index in [1.54, 1.807) is 36.4 Å². The van der Waals surface area contributed by atoms with Crippen LogP contribution in [0.15, 0.2) is 47.5 Å². The molecule has 0 atom stereocenters. The van der Waals surface area contributed by atoms with Crippen LogP contribution in [-0.4, -0.2) is 23.4 Å². The van der Waals surface area contributed by atoms with E-state index in [-0.39, 0.29) is 12.5 Å². The molecule has 2 aromatic carbocycles. The molecule has 0 saturated carbocycles. The van der Waals surface area contributed by atoms with Gasteiger partial charge in [0.25, 0.3) is 5.91 Å². The Balaban J connectivity index is 1.72. The van der Waals surface area contributed by atoms with E-state index in [0.717, 1.165) is 17.9 Å². The van der Waals surface area contributed by atoms with Gasteiger partial charge in [-0.05, 0) is 24.3 Å². The summed E-state index contributed by atoms with van der Waals surface area (Å²) in [6, 6.07) is 12.3. The van der Waals surface area contributed by atoms with Crippen molar-refractivity contribution in [3.63, 3.8) is 0 Å². The maximum Gasteiger partial charge on any atom is 0.260 e. The number of hydrogen-bond donors (Lipinski definition) is 1. The number of benzene rings is 2. The summed E-state index contributed by atoms with van der Waals surface area (Å²) < 4.78 is 5.79. The summed E-state index contributed by atoms with van der Waals surface area (Å²) in [4.78, 5) is 16.6. The lowest BCUT2D eigenvalue weighted by molar-refractivity contribution is 0.0973. The summed E-state index contributed by atoms with van der Waals surface area (Å²) >= 11 is 13.6. The van der Waals surface area contributed by atoms with E-state index in [2.05, 4.69) is 10.3 Å². The van der Waals surface area contributed by atoms with Crippen molar-refractivity contribution < 1.29 is 9.53 Å². The van der Waals surface area contributed by atoms with Gasteiger partial charge in [-0.3, -0.25) is 9.79 Å². The fourth-order valence-corrected chi connectivity index (χ4v) is 3.34. The molecule has 124 valence electrons. The molecule has 0 bridgehead atoms. The lowest BCUT2D eigenvalue weighted by atomic mass is 10.2. The molecule has 1 amide bonds. The smallest absolute Gasteiger partial charge is 0.260 e. The van der Waals surface area contributed by atoms with Crippen LogP contribution in [0.4, 0.5) is 0 Å². The second kappa shape index (κ2) is 7.92. The Kier molecular flexibility index (Phi) is 5.66. The van der Waals surface area contributed by atoms with Crippen molar-refractivity contribution in [3.8, 4) is 5.75 Å². The van der Waals surface area contributed by atoms with Gasteiger partial charge in [-0.25, -0.2) is 0 Å². The Morgan fingerprint density at radius 3 is 2.83 bits per heavy atom. The minimum absolute atomic E-state index is 0.235. The summed E-state index contributed by atoms with van der Waals surface area (Å²) in [5.74, 6) is 1.15. The fraction of sp³-hybridized carbons (Fsp3) is 0.176. The highest BCUT2D eigenvalue weighted by Gasteiger charge is 2.16. The monoisotopic (exact) mass is 380 g/mol. The minimum atomic E-state index is -0.235. The SMILES string of the molecule is O=C(NC1=NCCS1)c1ccccc1OCc1ccc(Cl)cc1Cl. The second-order valence-corrected chi connectivity index (χ2v) is 6.94. The Bertz CT molecular complexity index is 796. The first kappa shape index (κ1) is 17.1. The molecule has 24 heavy (non-hydrogen) atoms. The largest absolute Gasteiger partial charge is 0.488 e. The number of rotatable bonds is 4. The first-order chi connectivity index (χ1) is 11.6. The molecule has 0 aromatic heterocycles. The van der Waals surface area contributed by atoms with Crippen molar-refractivity contribution in [1.29, 1.82) is 0 Å². The summed E-state index contributed by atoms with van der Waals surface area (Å²) in [7, 11) is 0. The standard InChI is InChI=1S/C17H14Cl2N2O2S/c18-12-6-5-11(14(19)9-12)10-23-15-4-2-1-3-13(15)16(22)21-17-20-7-8-24-17/h1-6,9H,7-8,10H2,(H,20,21,22). The number of amidine groups is 1. The van der Waals surface area contributed by atoms with Gasteiger partial charge < -0.3 is 10.1 Å². The number of amides is 1. The number of ether oxygens (including phenoxy) is 1. The van der Waals surface area contributed by atoms with Crippen LogP contribution in [0, 0.1) is 0 Å². The van der Waals surface area contributed by atoms with E-state index >= 15 is 0 Å². The van der Waals surface area contributed by atoms with Crippen LogP contribution >= 0.6 is 35.0 Å². The van der Waals surface area contributed by atoms with Crippen LogP contribution in [0.2, 0.25) is 10.0 Å². The number of nitrogens with zero attached hydrogens (tertiary/aromatic N) is 1.